The van der Waals surface area contributed by atoms with Gasteiger partial charge in [-0.25, -0.2) is 4.79 Å². The van der Waals surface area contributed by atoms with Gasteiger partial charge in [-0.2, -0.15) is 0 Å². The average Bonchev–Trinajstić information content (AvgIpc) is 2.32. The van der Waals surface area contributed by atoms with Crippen molar-refractivity contribution in [2.45, 2.75) is 25.4 Å². The zero-order valence-electron chi connectivity index (χ0n) is 10.7. The molecule has 0 radical (unpaired) electrons. The predicted molar refractivity (Wildman–Crippen MR) is 64.3 cm³/mol. The van der Waals surface area contributed by atoms with E-state index >= 15 is 0 Å². The second kappa shape index (κ2) is 5.56. The lowest BCUT2D eigenvalue weighted by atomic mass is 9.97. The Balaban J connectivity index is 1.72. The number of carboxylic acids is 1. The minimum absolute atomic E-state index is 0.0474. The van der Waals surface area contributed by atoms with Gasteiger partial charge >= 0.3 is 12.0 Å². The van der Waals surface area contributed by atoms with E-state index in [-0.39, 0.29) is 24.5 Å². The topological polar surface area (TPSA) is 70.1 Å². The quantitative estimate of drug-likeness (QED) is 0.803. The van der Waals surface area contributed by atoms with Crippen LogP contribution >= 0.6 is 0 Å². The molecule has 18 heavy (non-hydrogen) atoms. The van der Waals surface area contributed by atoms with Gasteiger partial charge in [0.25, 0.3) is 0 Å². The molecule has 102 valence electrons. The van der Waals surface area contributed by atoms with E-state index in [1.54, 1.807) is 12.0 Å². The Hall–Kier alpha value is -1.30. The van der Waals surface area contributed by atoms with E-state index in [1.807, 2.05) is 4.90 Å². The fraction of sp³-hybridized carbons (Fsp3) is 0.833. The summed E-state index contributed by atoms with van der Waals surface area (Å²) in [6.45, 7) is 2.62. The van der Waals surface area contributed by atoms with Crippen molar-refractivity contribution < 1.29 is 19.4 Å². The molecule has 6 heteroatoms. The Morgan fingerprint density at radius 1 is 1.22 bits per heavy atom. The number of nitrogens with zero attached hydrogens (tertiary/aromatic N) is 2. The third-order valence-corrected chi connectivity index (χ3v) is 3.74. The standard InChI is InChI=1S/C12H20N2O4/c1-18-10-2-4-13(5-3-10)12(17)14-7-9(8-14)6-11(15)16/h9-10H,2-8H2,1H3,(H,15,16). The lowest BCUT2D eigenvalue weighted by molar-refractivity contribution is -0.139. The monoisotopic (exact) mass is 256 g/mol. The van der Waals surface area contributed by atoms with Crippen molar-refractivity contribution in [1.82, 2.24) is 9.80 Å². The van der Waals surface area contributed by atoms with Crippen molar-refractivity contribution in [1.29, 1.82) is 0 Å². The average molecular weight is 256 g/mol. The molecule has 2 heterocycles. The van der Waals surface area contributed by atoms with Crippen LogP contribution in [0.5, 0.6) is 0 Å². The summed E-state index contributed by atoms with van der Waals surface area (Å²) < 4.78 is 5.26. The highest BCUT2D eigenvalue weighted by atomic mass is 16.5. The number of carbonyl (C=O) groups is 2. The van der Waals surface area contributed by atoms with E-state index in [4.69, 9.17) is 9.84 Å². The third kappa shape index (κ3) is 2.93. The van der Waals surface area contributed by atoms with Crippen molar-refractivity contribution in [3.8, 4) is 0 Å². The van der Waals surface area contributed by atoms with Gasteiger partial charge in [-0.3, -0.25) is 4.79 Å². The molecule has 0 aliphatic carbocycles. The maximum atomic E-state index is 12.1. The molecule has 0 atom stereocenters. The Morgan fingerprint density at radius 2 is 1.83 bits per heavy atom. The summed E-state index contributed by atoms with van der Waals surface area (Å²) >= 11 is 0. The van der Waals surface area contributed by atoms with Crippen molar-refractivity contribution in [2.75, 3.05) is 33.3 Å². The minimum atomic E-state index is -0.784. The van der Waals surface area contributed by atoms with Gasteiger partial charge in [-0.1, -0.05) is 0 Å². The van der Waals surface area contributed by atoms with Crippen LogP contribution in [0.2, 0.25) is 0 Å². The molecule has 2 aliphatic heterocycles. The molecule has 0 aromatic rings. The number of methoxy groups -OCH3 is 1. The molecule has 2 rings (SSSR count). The highest BCUT2D eigenvalue weighted by Gasteiger charge is 2.35. The molecule has 0 aromatic carbocycles. The van der Waals surface area contributed by atoms with Gasteiger partial charge < -0.3 is 19.6 Å². The lowest BCUT2D eigenvalue weighted by Crippen LogP contribution is -2.56. The van der Waals surface area contributed by atoms with E-state index in [2.05, 4.69) is 0 Å². The smallest absolute Gasteiger partial charge is 0.320 e. The van der Waals surface area contributed by atoms with Gasteiger partial charge in [-0.15, -0.1) is 0 Å². The largest absolute Gasteiger partial charge is 0.481 e. The van der Waals surface area contributed by atoms with Crippen LogP contribution in [-0.4, -0.2) is 66.3 Å². The number of hydrogen-bond acceptors (Lipinski definition) is 3. The SMILES string of the molecule is COC1CCN(C(=O)N2CC(CC(=O)O)C2)CC1. The van der Waals surface area contributed by atoms with Gasteiger partial charge in [0, 0.05) is 39.2 Å². The predicted octanol–water partition coefficient (Wildman–Crippen LogP) is 0.624. The van der Waals surface area contributed by atoms with Crippen LogP contribution in [0.3, 0.4) is 0 Å². The molecule has 0 saturated carbocycles. The first-order chi connectivity index (χ1) is 8.60. The zero-order valence-corrected chi connectivity index (χ0v) is 10.7. The molecule has 0 unspecified atom stereocenters. The van der Waals surface area contributed by atoms with Crippen LogP contribution in [0.25, 0.3) is 0 Å². The first-order valence-electron chi connectivity index (χ1n) is 6.38. The molecule has 2 aliphatic rings. The number of hydrogen-bond donors (Lipinski definition) is 1. The van der Waals surface area contributed by atoms with E-state index in [9.17, 15) is 9.59 Å². The van der Waals surface area contributed by atoms with Gasteiger partial charge in [0.1, 0.15) is 0 Å². The second-order valence-corrected chi connectivity index (χ2v) is 5.07. The fourth-order valence-corrected chi connectivity index (χ4v) is 2.58. The maximum Gasteiger partial charge on any atom is 0.320 e. The fourth-order valence-electron chi connectivity index (χ4n) is 2.58. The molecule has 0 spiro atoms. The normalized spacial score (nSPS) is 21.8. The van der Waals surface area contributed by atoms with Crippen LogP contribution in [0.1, 0.15) is 19.3 Å². The molecule has 0 bridgehead atoms. The van der Waals surface area contributed by atoms with Crippen molar-refractivity contribution in [2.24, 2.45) is 5.92 Å². The number of amides is 2. The lowest BCUT2D eigenvalue weighted by Gasteiger charge is -2.43. The number of urea groups is 1. The van der Waals surface area contributed by atoms with Crippen molar-refractivity contribution in [3.63, 3.8) is 0 Å². The van der Waals surface area contributed by atoms with Crippen molar-refractivity contribution in [3.05, 3.63) is 0 Å². The maximum absolute atomic E-state index is 12.1. The van der Waals surface area contributed by atoms with Crippen LogP contribution in [0, 0.1) is 5.92 Å². The Bertz CT molecular complexity index is 320. The van der Waals surface area contributed by atoms with E-state index in [1.165, 1.54) is 0 Å². The number of likely N-dealkylation sites (tertiary alicyclic amines) is 2. The number of aliphatic carboxylic acids is 1. The molecule has 0 aromatic heterocycles. The number of ether oxygens (including phenoxy) is 1. The minimum Gasteiger partial charge on any atom is -0.481 e. The molecular formula is C12H20N2O4. The second-order valence-electron chi connectivity index (χ2n) is 5.07. The summed E-state index contributed by atoms with van der Waals surface area (Å²) in [5.41, 5.74) is 0. The summed E-state index contributed by atoms with van der Waals surface area (Å²) in [5.74, 6) is -0.657. The Labute approximate surface area is 106 Å². The highest BCUT2D eigenvalue weighted by Crippen LogP contribution is 2.22. The Morgan fingerprint density at radius 3 is 2.33 bits per heavy atom. The number of rotatable bonds is 3. The van der Waals surface area contributed by atoms with Gasteiger partial charge in [0.15, 0.2) is 0 Å². The van der Waals surface area contributed by atoms with Crippen LogP contribution in [0.4, 0.5) is 4.79 Å². The van der Waals surface area contributed by atoms with E-state index in [0.717, 1.165) is 25.9 Å². The highest BCUT2D eigenvalue weighted by molar-refractivity contribution is 5.76. The first-order valence-corrected chi connectivity index (χ1v) is 6.38. The molecule has 2 amide bonds. The molecule has 6 nitrogen and oxygen atoms in total. The first kappa shape index (κ1) is 13.1. The Kier molecular flexibility index (Phi) is 4.06. The van der Waals surface area contributed by atoms with E-state index < -0.39 is 5.97 Å². The summed E-state index contributed by atoms with van der Waals surface area (Å²) in [4.78, 5) is 26.2. The van der Waals surface area contributed by atoms with Gasteiger partial charge in [0.05, 0.1) is 12.5 Å². The number of carboxylic acid groups (broad SMARTS) is 1. The van der Waals surface area contributed by atoms with Crippen LogP contribution in [-0.2, 0) is 9.53 Å². The summed E-state index contributed by atoms with van der Waals surface area (Å²) in [6.07, 6.45) is 2.20. The van der Waals surface area contributed by atoms with E-state index in [0.29, 0.717) is 13.1 Å². The molecule has 1 N–H and O–H groups in total. The van der Waals surface area contributed by atoms with Gasteiger partial charge in [0.2, 0.25) is 0 Å². The molecule has 2 fully saturated rings. The van der Waals surface area contributed by atoms with Crippen molar-refractivity contribution >= 4 is 12.0 Å². The van der Waals surface area contributed by atoms with Gasteiger partial charge in [-0.05, 0) is 12.8 Å². The van der Waals surface area contributed by atoms with Crippen LogP contribution < -0.4 is 0 Å². The third-order valence-electron chi connectivity index (χ3n) is 3.74. The van der Waals surface area contributed by atoms with Crippen LogP contribution in [0.15, 0.2) is 0 Å². The summed E-state index contributed by atoms with van der Waals surface area (Å²) in [6, 6.07) is 0.0474. The molecular weight excluding hydrogens is 236 g/mol. The number of piperidine rings is 1. The molecule has 2 saturated heterocycles. The zero-order chi connectivity index (χ0) is 13.1. The number of carbonyl (C=O) groups excluding carboxylic acids is 1. The summed E-state index contributed by atoms with van der Waals surface area (Å²) in [5, 5.41) is 8.65. The summed E-state index contributed by atoms with van der Waals surface area (Å²) in [7, 11) is 1.70.